The van der Waals surface area contributed by atoms with Gasteiger partial charge in [0.15, 0.2) is 0 Å². The number of hydrogen-bond donors (Lipinski definition) is 0. The first-order valence-corrected chi connectivity index (χ1v) is 0. The van der Waals surface area contributed by atoms with E-state index in [4.69, 9.17) is 0 Å². The van der Waals surface area contributed by atoms with Crippen LogP contribution in [0.2, 0.25) is 0 Å². The van der Waals surface area contributed by atoms with E-state index >= 15 is 0 Å². The fourth-order valence-electron chi connectivity index (χ4n) is 0. The molecule has 0 aromatic carbocycles. The zero-order valence-electron chi connectivity index (χ0n) is 2.29. The molecule has 0 aliphatic carbocycles. The average molecular weight is 580 g/mol. The Bertz CT molecular complexity index is 8.00. The van der Waals surface area contributed by atoms with Crippen molar-refractivity contribution in [3.8, 4) is 0 Å². The van der Waals surface area contributed by atoms with Crippen molar-refractivity contribution < 1.29 is 58.0 Å². The van der Waals surface area contributed by atoms with Gasteiger partial charge in [-0.1, -0.05) is 0 Å². The number of hydrogen-bond acceptors (Lipinski definition) is 0. The molecule has 0 nitrogen and oxygen atoms in total. The Hall–Kier alpha value is 3.62. The van der Waals surface area contributed by atoms with Crippen LogP contribution in [0.1, 0.15) is 0 Å². The summed E-state index contributed by atoms with van der Waals surface area (Å²) in [5.41, 5.74) is 0. The topological polar surface area (TPSA) is 0 Å². The van der Waals surface area contributed by atoms with Gasteiger partial charge in [0.25, 0.3) is 0 Å². The minimum atomic E-state index is 0. The van der Waals surface area contributed by atoms with Crippen molar-refractivity contribution in [3.05, 3.63) is 0 Å². The second-order valence-corrected chi connectivity index (χ2v) is 0. The second-order valence-electron chi connectivity index (χ2n) is 0. The standard InChI is InChI=1S/Ag.Bi.La.Sn.5H. The van der Waals surface area contributed by atoms with Crippen LogP contribution >= 0.6 is 0 Å². The zero-order chi connectivity index (χ0) is 0. The molecule has 0 heterocycles. The van der Waals surface area contributed by atoms with Crippen LogP contribution in [0, 0.1) is 35.6 Å². The molecule has 0 aromatic rings. The van der Waals surface area contributed by atoms with Crippen LogP contribution in [0.5, 0.6) is 0 Å². The SMILES string of the molecule is [Ag].[BiH3].[La].[SnH2]. The summed E-state index contributed by atoms with van der Waals surface area (Å²) in [6.07, 6.45) is 0. The minimum absolute atomic E-state index is 0. The Balaban J connectivity index is 0. The van der Waals surface area contributed by atoms with Gasteiger partial charge in [-0.05, 0) is 0 Å². The molecule has 0 atom stereocenters. The molecule has 0 unspecified atom stereocenters. The van der Waals surface area contributed by atoms with Crippen molar-refractivity contribution in [1.29, 1.82) is 0 Å². The van der Waals surface area contributed by atoms with Gasteiger partial charge in [0, 0.05) is 58.0 Å². The maximum absolute atomic E-state index is 0. The summed E-state index contributed by atoms with van der Waals surface area (Å²) in [6.45, 7) is 0. The molecule has 0 rings (SSSR count). The molecular weight excluding hydrogens is 574 g/mol. The zero-order valence-corrected chi connectivity index (χ0v) is 16.9. The summed E-state index contributed by atoms with van der Waals surface area (Å²) in [4.78, 5) is 0. The molecular formula is H5AgBiLaSn. The van der Waals surface area contributed by atoms with Gasteiger partial charge in [-0.2, -0.15) is 0 Å². The van der Waals surface area contributed by atoms with E-state index in [2.05, 4.69) is 0 Å². The van der Waals surface area contributed by atoms with Gasteiger partial charge >= 0.3 is 50.1 Å². The molecule has 0 bridgehead atoms. The fourth-order valence-corrected chi connectivity index (χ4v) is 0. The molecule has 28 valence electrons. The molecule has 0 N–H and O–H groups in total. The van der Waals surface area contributed by atoms with Gasteiger partial charge in [0.2, 0.25) is 0 Å². The molecule has 4 heavy (non-hydrogen) atoms. The van der Waals surface area contributed by atoms with Gasteiger partial charge in [-0.15, -0.1) is 0 Å². The van der Waals surface area contributed by atoms with E-state index in [0.29, 0.717) is 0 Å². The summed E-state index contributed by atoms with van der Waals surface area (Å²) in [7, 11) is 0. The van der Waals surface area contributed by atoms with Crippen LogP contribution in [-0.2, 0) is 22.4 Å². The normalized spacial score (nSPS) is 0. The predicted octanol–water partition coefficient (Wildman–Crippen LogP) is -2.10. The van der Waals surface area contributed by atoms with E-state index < -0.39 is 0 Å². The maximum atomic E-state index is 0. The summed E-state index contributed by atoms with van der Waals surface area (Å²) in [6, 6.07) is 0. The van der Waals surface area contributed by atoms with Crippen LogP contribution in [0.15, 0.2) is 0 Å². The second kappa shape index (κ2) is 16.0. The van der Waals surface area contributed by atoms with E-state index in [-0.39, 0.29) is 108 Å². The van der Waals surface area contributed by atoms with Gasteiger partial charge in [-0.25, -0.2) is 0 Å². The monoisotopic (exact) mass is 580 g/mol. The molecule has 0 aliphatic rings. The van der Waals surface area contributed by atoms with Crippen LogP contribution < -0.4 is 0 Å². The van der Waals surface area contributed by atoms with Crippen molar-refractivity contribution >= 4 is 50.1 Å². The summed E-state index contributed by atoms with van der Waals surface area (Å²) >= 11 is 0. The van der Waals surface area contributed by atoms with Crippen LogP contribution in [0.3, 0.4) is 0 Å². The Morgan fingerprint density at radius 1 is 1.00 bits per heavy atom. The molecule has 0 fully saturated rings. The fraction of sp³-hybridized carbons (Fsp3) is 0. The van der Waals surface area contributed by atoms with Crippen LogP contribution in [0.4, 0.5) is 0 Å². The van der Waals surface area contributed by atoms with Gasteiger partial charge in [0.1, 0.15) is 0 Å². The van der Waals surface area contributed by atoms with Gasteiger partial charge in [-0.3, -0.25) is 0 Å². The molecule has 0 saturated carbocycles. The average Bonchev–Trinajstić information content (AvgIpc) is 0. The summed E-state index contributed by atoms with van der Waals surface area (Å²) in [5, 5.41) is 0. The number of rotatable bonds is 0. The van der Waals surface area contributed by atoms with E-state index in [1.54, 1.807) is 0 Å². The third-order valence-corrected chi connectivity index (χ3v) is 0. The molecule has 4 heteroatoms. The molecule has 0 aliphatic heterocycles. The Kier molecular flexibility index (Phi) is 102. The van der Waals surface area contributed by atoms with Crippen LogP contribution in [-0.4, -0.2) is 50.1 Å². The quantitative estimate of drug-likeness (QED) is 0.289. The summed E-state index contributed by atoms with van der Waals surface area (Å²) in [5.74, 6) is 0. The van der Waals surface area contributed by atoms with Crippen molar-refractivity contribution in [2.75, 3.05) is 0 Å². The molecule has 0 saturated heterocycles. The third-order valence-electron chi connectivity index (χ3n) is 0. The molecule has 4 radical (unpaired) electrons. The first-order valence-electron chi connectivity index (χ1n) is 0. The Labute approximate surface area is 105 Å². The Morgan fingerprint density at radius 2 is 1.00 bits per heavy atom. The van der Waals surface area contributed by atoms with Crippen molar-refractivity contribution in [1.82, 2.24) is 0 Å². The van der Waals surface area contributed by atoms with E-state index in [9.17, 15) is 0 Å². The molecule has 0 spiro atoms. The predicted molar refractivity (Wildman–Crippen MR) is 18.5 cm³/mol. The van der Waals surface area contributed by atoms with E-state index in [1.165, 1.54) is 0 Å². The first-order chi connectivity index (χ1) is 0. The summed E-state index contributed by atoms with van der Waals surface area (Å²) < 4.78 is 0. The first kappa shape index (κ1) is 25.5. The molecule has 0 aromatic heterocycles. The van der Waals surface area contributed by atoms with E-state index in [1.807, 2.05) is 0 Å². The van der Waals surface area contributed by atoms with Crippen LogP contribution in [0.25, 0.3) is 0 Å². The van der Waals surface area contributed by atoms with Crippen molar-refractivity contribution in [2.45, 2.75) is 0 Å². The van der Waals surface area contributed by atoms with Crippen molar-refractivity contribution in [2.24, 2.45) is 0 Å². The van der Waals surface area contributed by atoms with Gasteiger partial charge in [0.05, 0.1) is 0 Å². The van der Waals surface area contributed by atoms with E-state index in [0.717, 1.165) is 0 Å². The van der Waals surface area contributed by atoms with Gasteiger partial charge < -0.3 is 0 Å². The Morgan fingerprint density at radius 3 is 1.00 bits per heavy atom. The third kappa shape index (κ3) is 9.15. The van der Waals surface area contributed by atoms with Crippen molar-refractivity contribution in [3.63, 3.8) is 0 Å². The molecule has 0 amide bonds.